The van der Waals surface area contributed by atoms with Crippen molar-refractivity contribution in [3.8, 4) is 0 Å². The monoisotopic (exact) mass is 446 g/mol. The molecule has 2 amide bonds. The van der Waals surface area contributed by atoms with Gasteiger partial charge in [-0.15, -0.1) is 23.1 Å². The van der Waals surface area contributed by atoms with Crippen molar-refractivity contribution in [3.63, 3.8) is 0 Å². The van der Waals surface area contributed by atoms with Crippen molar-refractivity contribution in [1.82, 2.24) is 15.2 Å². The van der Waals surface area contributed by atoms with Gasteiger partial charge in [0.05, 0.1) is 18.2 Å². The van der Waals surface area contributed by atoms with Crippen molar-refractivity contribution in [2.24, 2.45) is 10.3 Å². The van der Waals surface area contributed by atoms with Crippen LogP contribution >= 0.6 is 23.1 Å². The smallest absolute Gasteiger partial charge is 0.543 e. The molecule has 1 fully saturated rings. The van der Waals surface area contributed by atoms with Gasteiger partial charge in [0.25, 0.3) is 11.8 Å². The Morgan fingerprint density at radius 2 is 2.28 bits per heavy atom. The zero-order valence-corrected chi connectivity index (χ0v) is 18.4. The van der Waals surface area contributed by atoms with Crippen molar-refractivity contribution in [1.29, 1.82) is 0 Å². The molecule has 0 aliphatic carbocycles. The van der Waals surface area contributed by atoms with Crippen LogP contribution in [0.1, 0.15) is 5.69 Å². The van der Waals surface area contributed by atoms with Crippen LogP contribution in [0.2, 0.25) is 0 Å². The molecule has 13 nitrogen and oxygen atoms in total. The summed E-state index contributed by atoms with van der Waals surface area (Å²) in [5.74, 6) is -2.96. The van der Waals surface area contributed by atoms with Gasteiger partial charge in [-0.1, -0.05) is 10.3 Å². The normalized spacial score (nSPS) is 20.8. The molecule has 0 saturated carbocycles. The maximum absolute atomic E-state index is 12.5. The molecule has 1 aromatic rings. The van der Waals surface area contributed by atoms with Crippen molar-refractivity contribution in [3.05, 3.63) is 32.8 Å². The number of carboxylic acids is 1. The van der Waals surface area contributed by atoms with Crippen LogP contribution in [-0.2, 0) is 14.4 Å². The first-order valence-electron chi connectivity index (χ1n) is 7.52. The second-order valence-corrected chi connectivity index (χ2v) is 7.50. The number of nitrogens with two attached hydrogens (primary N) is 1. The number of azide groups is 1. The average molecular weight is 446 g/mol. The molecule has 0 aromatic carbocycles. The third-order valence-electron chi connectivity index (χ3n) is 3.93. The quantitative estimate of drug-likeness (QED) is 0.0566. The molecule has 4 N–H and O–H groups in total. The summed E-state index contributed by atoms with van der Waals surface area (Å²) >= 11 is 2.22. The summed E-state index contributed by atoms with van der Waals surface area (Å²) in [4.78, 5) is 43.7. The Morgan fingerprint density at radius 3 is 2.83 bits per heavy atom. The Hall–Kier alpha value is -2.29. The Bertz CT molecular complexity index is 972. The van der Waals surface area contributed by atoms with Crippen LogP contribution < -0.4 is 45.7 Å². The molecule has 0 radical (unpaired) electrons. The van der Waals surface area contributed by atoms with Crippen molar-refractivity contribution in [2.45, 2.75) is 11.4 Å². The van der Waals surface area contributed by atoms with E-state index >= 15 is 0 Å². The molecule has 0 bridgehead atoms. The number of aliphatic carboxylic acids is 1. The molecule has 0 unspecified atom stereocenters. The largest absolute Gasteiger partial charge is 1.00 e. The van der Waals surface area contributed by atoms with E-state index in [1.165, 1.54) is 17.1 Å². The van der Waals surface area contributed by atoms with Crippen LogP contribution in [0.25, 0.3) is 10.4 Å². The number of fused-ring (bicyclic) bond motifs is 1. The second-order valence-electron chi connectivity index (χ2n) is 5.51. The number of carbonyl (C=O) groups is 3. The molecule has 2 aliphatic rings. The number of hydrogen-bond donors (Lipinski definition) is 3. The molecule has 3 heterocycles. The summed E-state index contributed by atoms with van der Waals surface area (Å²) in [5.41, 5.74) is 13.4. The van der Waals surface area contributed by atoms with E-state index in [1.807, 2.05) is 0 Å². The maximum Gasteiger partial charge on any atom is 1.00 e. The van der Waals surface area contributed by atoms with Gasteiger partial charge in [0.2, 0.25) is 0 Å². The summed E-state index contributed by atoms with van der Waals surface area (Å²) in [6, 6.07) is -1.04. The minimum absolute atomic E-state index is 0. The summed E-state index contributed by atoms with van der Waals surface area (Å²) in [7, 11) is 0. The number of thioether (sulfide) groups is 1. The van der Waals surface area contributed by atoms with Crippen molar-refractivity contribution in [2.75, 3.05) is 18.0 Å². The third kappa shape index (κ3) is 4.34. The molecule has 146 valence electrons. The van der Waals surface area contributed by atoms with Gasteiger partial charge in [-0.25, -0.2) is 4.98 Å². The SMILES string of the molecule is [N-]=[N+]=NCC1=C(C(=O)[O-])N2C(=O)[C@@H](NC(=O)/C(=N\O)c3csc(N)n3)[C@H]2SC1.[Na+]. The fourth-order valence-electron chi connectivity index (χ4n) is 2.73. The molecular formula is C13H11N8NaO5S2. The minimum atomic E-state index is -1.58. The standard InChI is InChI=1S/C13H12N8O5S2.Na/c14-13-17-5(3-28-13)6(19-26)9(22)18-7-10(23)21-8(12(24)25)4(1-16-20-15)2-27-11(7)21;/h3,7,11,26H,1-2H2,(H2,14,17)(H,18,22)(H,24,25);/q;+1/p-1/b19-6-;/t7-,11-;/m1./s1. The number of thiazole rings is 1. The van der Waals surface area contributed by atoms with Crippen molar-refractivity contribution < 1.29 is 54.3 Å². The van der Waals surface area contributed by atoms with E-state index in [1.54, 1.807) is 0 Å². The van der Waals surface area contributed by atoms with E-state index in [9.17, 15) is 19.5 Å². The zero-order chi connectivity index (χ0) is 20.4. The number of anilines is 1. The Kier molecular flexibility index (Phi) is 7.51. The molecule has 3 rings (SSSR count). The van der Waals surface area contributed by atoms with Gasteiger partial charge in [0, 0.05) is 16.0 Å². The zero-order valence-electron chi connectivity index (χ0n) is 14.8. The van der Waals surface area contributed by atoms with E-state index in [0.29, 0.717) is 0 Å². The van der Waals surface area contributed by atoms with Gasteiger partial charge < -0.3 is 26.2 Å². The van der Waals surface area contributed by atoms with Gasteiger partial charge in [-0.2, -0.15) is 0 Å². The Balaban J connectivity index is 0.00000300. The van der Waals surface area contributed by atoms with Gasteiger partial charge in [0.15, 0.2) is 10.8 Å². The second kappa shape index (κ2) is 9.47. The first-order chi connectivity index (χ1) is 13.4. The third-order valence-corrected chi connectivity index (χ3v) is 5.95. The van der Waals surface area contributed by atoms with Gasteiger partial charge in [0.1, 0.15) is 17.1 Å². The predicted molar refractivity (Wildman–Crippen MR) is 95.9 cm³/mol. The van der Waals surface area contributed by atoms with Crippen molar-refractivity contribution >= 4 is 51.7 Å². The molecule has 1 saturated heterocycles. The first kappa shape index (κ1) is 23.0. The molecule has 29 heavy (non-hydrogen) atoms. The number of nitrogen functional groups attached to an aromatic ring is 1. The topological polar surface area (TPSA) is 210 Å². The number of aromatic nitrogens is 1. The molecular weight excluding hydrogens is 435 g/mol. The fourth-order valence-corrected chi connectivity index (χ4v) is 4.61. The molecule has 2 aliphatic heterocycles. The number of carbonyl (C=O) groups excluding carboxylic acids is 3. The number of rotatable bonds is 6. The minimum Gasteiger partial charge on any atom is -0.543 e. The average Bonchev–Trinajstić information content (AvgIpc) is 3.09. The van der Waals surface area contributed by atoms with Gasteiger partial charge >= 0.3 is 29.6 Å². The first-order valence-corrected chi connectivity index (χ1v) is 9.45. The Morgan fingerprint density at radius 1 is 1.55 bits per heavy atom. The van der Waals surface area contributed by atoms with E-state index < -0.39 is 34.9 Å². The van der Waals surface area contributed by atoms with E-state index in [0.717, 1.165) is 16.2 Å². The predicted octanol–water partition coefficient (Wildman–Crippen LogP) is -4.38. The van der Waals surface area contributed by atoms with Crippen LogP contribution in [0, 0.1) is 0 Å². The van der Waals surface area contributed by atoms with Gasteiger partial charge in [-0.3, -0.25) is 14.5 Å². The van der Waals surface area contributed by atoms with E-state index in [2.05, 4.69) is 25.5 Å². The number of amides is 2. The van der Waals surface area contributed by atoms with Crippen LogP contribution in [0.4, 0.5) is 5.13 Å². The summed E-state index contributed by atoms with van der Waals surface area (Å²) in [6.07, 6.45) is 0. The number of carboxylic acid groups (broad SMARTS) is 1. The Labute approximate surface area is 192 Å². The molecule has 1 aromatic heterocycles. The van der Waals surface area contributed by atoms with Crippen LogP contribution in [0.3, 0.4) is 0 Å². The number of hydrogen-bond acceptors (Lipinski definition) is 11. The fraction of sp³-hybridized carbons (Fsp3) is 0.308. The maximum atomic E-state index is 12.5. The summed E-state index contributed by atoms with van der Waals surface area (Å²) in [5, 5.41) is 30.1. The summed E-state index contributed by atoms with van der Waals surface area (Å²) in [6.45, 7) is -0.215. The summed E-state index contributed by atoms with van der Waals surface area (Å²) < 4.78 is 0. The number of oxime groups is 1. The molecule has 0 spiro atoms. The number of nitrogens with zero attached hydrogens (tertiary/aromatic N) is 6. The van der Waals surface area contributed by atoms with Crippen LogP contribution in [0.15, 0.2) is 26.9 Å². The van der Waals surface area contributed by atoms with E-state index in [-0.39, 0.29) is 64.0 Å². The molecule has 2 atom stereocenters. The molecule has 16 heteroatoms. The number of β-lactam (4-membered cyclic amide) rings is 1. The van der Waals surface area contributed by atoms with Crippen LogP contribution in [0.5, 0.6) is 0 Å². The number of nitrogens with one attached hydrogen (secondary N) is 1. The van der Waals surface area contributed by atoms with Gasteiger partial charge in [-0.05, 0) is 11.1 Å². The van der Waals surface area contributed by atoms with E-state index in [4.69, 9.17) is 16.5 Å². The van der Waals surface area contributed by atoms with Crippen LogP contribution in [-0.4, -0.2) is 62.3 Å².